The van der Waals surface area contributed by atoms with Gasteiger partial charge in [-0.2, -0.15) is 0 Å². The number of rotatable bonds is 3. The van der Waals surface area contributed by atoms with Crippen LogP contribution in [-0.2, 0) is 4.74 Å². The third-order valence-electron chi connectivity index (χ3n) is 5.73. The van der Waals surface area contributed by atoms with Gasteiger partial charge in [0, 0.05) is 12.2 Å². The zero-order chi connectivity index (χ0) is 21.4. The van der Waals surface area contributed by atoms with Crippen molar-refractivity contribution in [1.82, 2.24) is 0 Å². The quantitative estimate of drug-likeness (QED) is 0.407. The van der Waals surface area contributed by atoms with Crippen LogP contribution in [0.15, 0.2) is 48.5 Å². The molecule has 156 valence electrons. The molecule has 0 N–H and O–H groups in total. The van der Waals surface area contributed by atoms with Crippen molar-refractivity contribution >= 4 is 0 Å². The van der Waals surface area contributed by atoms with Gasteiger partial charge < -0.3 is 4.74 Å². The average Bonchev–Trinajstić information content (AvgIpc) is 2.72. The fourth-order valence-corrected chi connectivity index (χ4v) is 3.84. The zero-order valence-electron chi connectivity index (χ0n) is 16.8. The lowest BCUT2D eigenvalue weighted by Gasteiger charge is -2.27. The van der Waals surface area contributed by atoms with Gasteiger partial charge in [0.25, 0.3) is 0 Å². The summed E-state index contributed by atoms with van der Waals surface area (Å²) in [6.07, 6.45) is 2.09. The third-order valence-corrected chi connectivity index (χ3v) is 5.73. The molecule has 1 saturated heterocycles. The van der Waals surface area contributed by atoms with Crippen LogP contribution >= 0.6 is 0 Å². The number of halogens is 4. The molecule has 0 aliphatic carbocycles. The van der Waals surface area contributed by atoms with E-state index in [1.54, 1.807) is 12.1 Å². The SMILES string of the molecule is Cc1c(F)cc(-c2c(F)cc(-c3ccc(C4CCC(C)CO4)cc3)cc2F)cc1F. The molecular formula is C25H22F4O. The van der Waals surface area contributed by atoms with E-state index in [-0.39, 0.29) is 17.2 Å². The molecule has 0 spiro atoms. The topological polar surface area (TPSA) is 9.23 Å². The molecule has 2 atom stereocenters. The van der Waals surface area contributed by atoms with Crippen LogP contribution in [0.1, 0.15) is 37.0 Å². The van der Waals surface area contributed by atoms with Gasteiger partial charge >= 0.3 is 0 Å². The summed E-state index contributed by atoms with van der Waals surface area (Å²) >= 11 is 0. The second kappa shape index (κ2) is 8.23. The second-order valence-corrected chi connectivity index (χ2v) is 8.01. The normalized spacial score (nSPS) is 19.1. The van der Waals surface area contributed by atoms with Gasteiger partial charge in [0.05, 0.1) is 11.7 Å². The fraction of sp³-hybridized carbons (Fsp3) is 0.280. The Morgan fingerprint density at radius 2 is 1.30 bits per heavy atom. The highest BCUT2D eigenvalue weighted by Gasteiger charge is 2.21. The Labute approximate surface area is 173 Å². The van der Waals surface area contributed by atoms with E-state index >= 15 is 0 Å². The molecule has 0 aromatic heterocycles. The van der Waals surface area contributed by atoms with Crippen molar-refractivity contribution in [1.29, 1.82) is 0 Å². The Morgan fingerprint density at radius 1 is 0.733 bits per heavy atom. The molecule has 0 amide bonds. The van der Waals surface area contributed by atoms with E-state index in [9.17, 15) is 17.6 Å². The molecule has 1 aliphatic rings. The Kier molecular flexibility index (Phi) is 5.65. The minimum atomic E-state index is -0.874. The van der Waals surface area contributed by atoms with E-state index in [1.807, 2.05) is 12.1 Å². The molecular weight excluding hydrogens is 392 g/mol. The van der Waals surface area contributed by atoms with Crippen LogP contribution in [0.5, 0.6) is 0 Å². The Bertz CT molecular complexity index is 1020. The zero-order valence-corrected chi connectivity index (χ0v) is 16.8. The number of ether oxygens (including phenoxy) is 1. The van der Waals surface area contributed by atoms with Gasteiger partial charge in [-0.25, -0.2) is 17.6 Å². The van der Waals surface area contributed by atoms with E-state index < -0.39 is 28.8 Å². The van der Waals surface area contributed by atoms with Crippen molar-refractivity contribution in [3.8, 4) is 22.3 Å². The van der Waals surface area contributed by atoms with Crippen LogP contribution in [0.2, 0.25) is 0 Å². The highest BCUT2D eigenvalue weighted by molar-refractivity contribution is 5.72. The molecule has 30 heavy (non-hydrogen) atoms. The third kappa shape index (κ3) is 3.99. The molecule has 2 unspecified atom stereocenters. The van der Waals surface area contributed by atoms with Crippen LogP contribution in [0.4, 0.5) is 17.6 Å². The smallest absolute Gasteiger partial charge is 0.134 e. The monoisotopic (exact) mass is 414 g/mol. The summed E-state index contributed by atoms with van der Waals surface area (Å²) in [6.45, 7) is 4.16. The summed E-state index contributed by atoms with van der Waals surface area (Å²) in [7, 11) is 0. The van der Waals surface area contributed by atoms with Crippen LogP contribution in [-0.4, -0.2) is 6.61 Å². The first kappa shape index (κ1) is 20.6. The molecule has 1 aliphatic heterocycles. The number of hydrogen-bond donors (Lipinski definition) is 0. The van der Waals surface area contributed by atoms with Crippen molar-refractivity contribution < 1.29 is 22.3 Å². The van der Waals surface area contributed by atoms with Gasteiger partial charge in [0.15, 0.2) is 0 Å². The van der Waals surface area contributed by atoms with Crippen LogP contribution in [0.3, 0.4) is 0 Å². The molecule has 0 bridgehead atoms. The summed E-state index contributed by atoms with van der Waals surface area (Å²) in [6, 6.07) is 11.7. The van der Waals surface area contributed by atoms with Gasteiger partial charge in [-0.3, -0.25) is 0 Å². The standard InChI is InChI=1S/C25H22F4O/c1-14-3-8-24(30-13-14)17-6-4-16(5-7-17)18-9-22(28)25(23(29)10-18)19-11-20(26)15(2)21(27)12-19/h4-7,9-12,14,24H,3,8,13H2,1-2H3. The van der Waals surface area contributed by atoms with E-state index in [4.69, 9.17) is 4.74 Å². The van der Waals surface area contributed by atoms with Gasteiger partial charge in [0.2, 0.25) is 0 Å². The Morgan fingerprint density at radius 3 is 1.83 bits per heavy atom. The van der Waals surface area contributed by atoms with Crippen molar-refractivity contribution in [3.63, 3.8) is 0 Å². The first-order valence-electron chi connectivity index (χ1n) is 10.0. The minimum absolute atomic E-state index is 0.0393. The predicted molar refractivity (Wildman–Crippen MR) is 109 cm³/mol. The first-order chi connectivity index (χ1) is 14.3. The van der Waals surface area contributed by atoms with Crippen molar-refractivity contribution in [2.45, 2.75) is 32.8 Å². The summed E-state index contributed by atoms with van der Waals surface area (Å²) in [5, 5.41) is 0. The molecule has 1 heterocycles. The maximum atomic E-state index is 14.7. The maximum absolute atomic E-state index is 14.7. The van der Waals surface area contributed by atoms with Crippen molar-refractivity contribution in [3.05, 3.63) is 82.9 Å². The summed E-state index contributed by atoms with van der Waals surface area (Å²) in [5.74, 6) is -2.88. The summed E-state index contributed by atoms with van der Waals surface area (Å²) < 4.78 is 63.1. The van der Waals surface area contributed by atoms with Crippen molar-refractivity contribution in [2.24, 2.45) is 5.92 Å². The van der Waals surface area contributed by atoms with E-state index in [2.05, 4.69) is 6.92 Å². The molecule has 5 heteroatoms. The largest absolute Gasteiger partial charge is 0.373 e. The lowest BCUT2D eigenvalue weighted by atomic mass is 9.94. The van der Waals surface area contributed by atoms with Crippen LogP contribution < -0.4 is 0 Å². The summed E-state index contributed by atoms with van der Waals surface area (Å²) in [4.78, 5) is 0. The van der Waals surface area contributed by atoms with Gasteiger partial charge in [-0.1, -0.05) is 31.2 Å². The van der Waals surface area contributed by atoms with E-state index in [1.165, 1.54) is 19.1 Å². The van der Waals surface area contributed by atoms with Gasteiger partial charge in [-0.05, 0) is 72.2 Å². The molecule has 0 radical (unpaired) electrons. The number of benzene rings is 3. The maximum Gasteiger partial charge on any atom is 0.134 e. The van der Waals surface area contributed by atoms with E-state index in [0.29, 0.717) is 17.0 Å². The molecule has 0 saturated carbocycles. The molecule has 1 fully saturated rings. The highest BCUT2D eigenvalue weighted by atomic mass is 19.1. The van der Waals surface area contributed by atoms with Crippen molar-refractivity contribution in [2.75, 3.05) is 6.61 Å². The first-order valence-corrected chi connectivity index (χ1v) is 10.0. The lowest BCUT2D eigenvalue weighted by molar-refractivity contribution is -0.0123. The Hall–Kier alpha value is -2.66. The molecule has 3 aromatic carbocycles. The fourth-order valence-electron chi connectivity index (χ4n) is 3.84. The Balaban J connectivity index is 1.63. The molecule has 4 rings (SSSR count). The predicted octanol–water partition coefficient (Wildman–Crippen LogP) is 7.37. The van der Waals surface area contributed by atoms with Gasteiger partial charge in [0.1, 0.15) is 23.3 Å². The summed E-state index contributed by atoms with van der Waals surface area (Å²) in [5.41, 5.74) is 1.23. The second-order valence-electron chi connectivity index (χ2n) is 8.01. The number of hydrogen-bond acceptors (Lipinski definition) is 1. The van der Waals surface area contributed by atoms with Gasteiger partial charge in [-0.15, -0.1) is 0 Å². The van der Waals surface area contributed by atoms with Crippen LogP contribution in [0.25, 0.3) is 22.3 Å². The molecule has 1 nitrogen and oxygen atoms in total. The van der Waals surface area contributed by atoms with E-state index in [0.717, 1.165) is 37.1 Å². The highest BCUT2D eigenvalue weighted by Crippen LogP contribution is 2.34. The lowest BCUT2D eigenvalue weighted by Crippen LogP contribution is -2.18. The average molecular weight is 414 g/mol. The van der Waals surface area contributed by atoms with Crippen LogP contribution in [0, 0.1) is 36.1 Å². The molecule has 3 aromatic rings. The minimum Gasteiger partial charge on any atom is -0.373 e.